The van der Waals surface area contributed by atoms with Crippen molar-refractivity contribution in [3.05, 3.63) is 131 Å². The summed E-state index contributed by atoms with van der Waals surface area (Å²) in [7, 11) is -4.30. The van der Waals surface area contributed by atoms with Crippen LogP contribution in [-0.2, 0) is 32.6 Å². The van der Waals surface area contributed by atoms with Gasteiger partial charge in [-0.2, -0.15) is 0 Å². The molecule has 2 amide bonds. The smallest absolute Gasteiger partial charge is 0.264 e. The van der Waals surface area contributed by atoms with Crippen LogP contribution in [0.2, 0.25) is 5.02 Å². The van der Waals surface area contributed by atoms with Gasteiger partial charge in [0.25, 0.3) is 10.0 Å². The van der Waals surface area contributed by atoms with Gasteiger partial charge >= 0.3 is 0 Å². The summed E-state index contributed by atoms with van der Waals surface area (Å²) in [5.41, 5.74) is 1.61. The standard InChI is InChI=1S/C33H33ClFN3O4S/c1-2-20-36-33(40)31(21-25-12-6-3-7-13-25)37(23-26-14-8-4-9-15-26)32(39)24-38(27-18-19-30(35)29(34)22-27)43(41,42)28-16-10-5-11-17-28/h3-19,22,31H,2,20-21,23-24H2,1H3,(H,36,40). The van der Waals surface area contributed by atoms with E-state index in [1.807, 2.05) is 67.6 Å². The Bertz CT molecular complexity index is 1620. The topological polar surface area (TPSA) is 86.8 Å². The number of carbonyl (C=O) groups is 2. The molecule has 0 aromatic heterocycles. The average Bonchev–Trinajstić information content (AvgIpc) is 3.03. The number of hydrogen-bond donors (Lipinski definition) is 1. The molecule has 224 valence electrons. The van der Waals surface area contributed by atoms with Gasteiger partial charge in [-0.25, -0.2) is 12.8 Å². The molecule has 0 radical (unpaired) electrons. The van der Waals surface area contributed by atoms with Crippen molar-refractivity contribution in [2.45, 2.75) is 37.2 Å². The molecule has 0 aliphatic carbocycles. The Kier molecular flexibility index (Phi) is 10.9. The van der Waals surface area contributed by atoms with Crippen molar-refractivity contribution in [3.63, 3.8) is 0 Å². The van der Waals surface area contributed by atoms with Gasteiger partial charge in [0.15, 0.2) is 0 Å². The van der Waals surface area contributed by atoms with Crippen molar-refractivity contribution in [3.8, 4) is 0 Å². The molecule has 4 rings (SSSR count). The molecule has 0 aliphatic heterocycles. The van der Waals surface area contributed by atoms with Crippen LogP contribution in [0.1, 0.15) is 24.5 Å². The minimum Gasteiger partial charge on any atom is -0.354 e. The van der Waals surface area contributed by atoms with Gasteiger partial charge in [-0.15, -0.1) is 0 Å². The van der Waals surface area contributed by atoms with E-state index in [1.165, 1.54) is 29.2 Å². The number of benzene rings is 4. The quantitative estimate of drug-likeness (QED) is 0.203. The van der Waals surface area contributed by atoms with Crippen LogP contribution in [0.3, 0.4) is 0 Å². The third-order valence-electron chi connectivity index (χ3n) is 6.82. The van der Waals surface area contributed by atoms with Crippen LogP contribution in [0.5, 0.6) is 0 Å². The molecule has 0 spiro atoms. The van der Waals surface area contributed by atoms with Gasteiger partial charge in [0.2, 0.25) is 11.8 Å². The molecule has 4 aromatic rings. The summed E-state index contributed by atoms with van der Waals surface area (Å²) < 4.78 is 42.8. The van der Waals surface area contributed by atoms with E-state index in [4.69, 9.17) is 11.6 Å². The Labute approximate surface area is 257 Å². The lowest BCUT2D eigenvalue weighted by Crippen LogP contribution is -2.53. The molecule has 0 saturated carbocycles. The molecule has 10 heteroatoms. The monoisotopic (exact) mass is 621 g/mol. The maximum atomic E-state index is 14.3. The number of halogens is 2. The number of nitrogens with one attached hydrogen (secondary N) is 1. The lowest BCUT2D eigenvalue weighted by Gasteiger charge is -2.34. The first-order chi connectivity index (χ1) is 20.7. The molecular weight excluding hydrogens is 589 g/mol. The largest absolute Gasteiger partial charge is 0.354 e. The lowest BCUT2D eigenvalue weighted by molar-refractivity contribution is -0.140. The first-order valence-corrected chi connectivity index (χ1v) is 15.7. The Morgan fingerprint density at radius 1 is 0.860 bits per heavy atom. The zero-order valence-electron chi connectivity index (χ0n) is 23.7. The second kappa shape index (κ2) is 14.8. The molecule has 4 aromatic carbocycles. The maximum Gasteiger partial charge on any atom is 0.264 e. The third-order valence-corrected chi connectivity index (χ3v) is 8.90. The third kappa shape index (κ3) is 8.21. The molecule has 0 saturated heterocycles. The minimum atomic E-state index is -4.30. The van der Waals surface area contributed by atoms with Crippen molar-refractivity contribution < 1.29 is 22.4 Å². The summed E-state index contributed by atoms with van der Waals surface area (Å²) in [6, 6.07) is 28.7. The summed E-state index contributed by atoms with van der Waals surface area (Å²) in [6.45, 7) is 1.75. The zero-order chi connectivity index (χ0) is 30.8. The van der Waals surface area contributed by atoms with Gasteiger partial charge in [-0.3, -0.25) is 13.9 Å². The van der Waals surface area contributed by atoms with Crippen LogP contribution in [0.15, 0.2) is 114 Å². The molecule has 0 heterocycles. The van der Waals surface area contributed by atoms with Gasteiger partial charge in [0, 0.05) is 19.5 Å². The average molecular weight is 622 g/mol. The van der Waals surface area contributed by atoms with E-state index in [2.05, 4.69) is 5.32 Å². The Morgan fingerprint density at radius 3 is 2.02 bits per heavy atom. The first kappa shape index (κ1) is 31.7. The van der Waals surface area contributed by atoms with Crippen LogP contribution in [0, 0.1) is 5.82 Å². The second-order valence-electron chi connectivity index (χ2n) is 9.93. The van der Waals surface area contributed by atoms with Gasteiger partial charge in [0.1, 0.15) is 18.4 Å². The van der Waals surface area contributed by atoms with Crippen LogP contribution in [0.25, 0.3) is 0 Å². The normalized spacial score (nSPS) is 11.9. The number of amides is 2. The summed E-state index contributed by atoms with van der Waals surface area (Å²) >= 11 is 6.05. The predicted octanol–water partition coefficient (Wildman–Crippen LogP) is 5.84. The highest BCUT2D eigenvalue weighted by molar-refractivity contribution is 7.92. The van der Waals surface area contributed by atoms with Gasteiger partial charge in [-0.1, -0.05) is 97.4 Å². The zero-order valence-corrected chi connectivity index (χ0v) is 25.3. The fourth-order valence-corrected chi connectivity index (χ4v) is 6.19. The minimum absolute atomic E-state index is 0.0123. The van der Waals surface area contributed by atoms with Crippen molar-refractivity contribution in [2.75, 3.05) is 17.4 Å². The van der Waals surface area contributed by atoms with E-state index in [0.717, 1.165) is 21.5 Å². The van der Waals surface area contributed by atoms with E-state index >= 15 is 0 Å². The predicted molar refractivity (Wildman–Crippen MR) is 167 cm³/mol. The number of carbonyl (C=O) groups excluding carboxylic acids is 2. The maximum absolute atomic E-state index is 14.3. The first-order valence-electron chi connectivity index (χ1n) is 13.9. The Hall–Kier alpha value is -4.21. The fourth-order valence-electron chi connectivity index (χ4n) is 4.59. The molecule has 43 heavy (non-hydrogen) atoms. The van der Waals surface area contributed by atoms with Crippen molar-refractivity contribution in [1.82, 2.24) is 10.2 Å². The molecule has 0 fully saturated rings. The van der Waals surface area contributed by atoms with Crippen molar-refractivity contribution in [2.24, 2.45) is 0 Å². The van der Waals surface area contributed by atoms with E-state index in [-0.39, 0.29) is 34.5 Å². The number of anilines is 1. The van der Waals surface area contributed by atoms with Crippen LogP contribution in [0.4, 0.5) is 10.1 Å². The molecule has 1 atom stereocenters. The summed E-state index contributed by atoms with van der Waals surface area (Å²) in [4.78, 5) is 29.3. The lowest BCUT2D eigenvalue weighted by atomic mass is 10.0. The molecule has 0 aliphatic rings. The fraction of sp³-hybridized carbons (Fsp3) is 0.212. The molecule has 1 N–H and O–H groups in total. The SMILES string of the molecule is CCCNC(=O)C(Cc1ccccc1)N(Cc1ccccc1)C(=O)CN(c1ccc(F)c(Cl)c1)S(=O)(=O)c1ccccc1. The second-order valence-corrected chi connectivity index (χ2v) is 12.2. The highest BCUT2D eigenvalue weighted by atomic mass is 35.5. The van der Waals surface area contributed by atoms with E-state index in [0.29, 0.717) is 13.0 Å². The summed E-state index contributed by atoms with van der Waals surface area (Å²) in [5, 5.41) is 2.61. The number of nitrogens with zero attached hydrogens (tertiary/aromatic N) is 2. The van der Waals surface area contributed by atoms with Gasteiger partial charge in [-0.05, 0) is 47.9 Å². The summed E-state index contributed by atoms with van der Waals surface area (Å²) in [5.74, 6) is -1.69. The van der Waals surface area contributed by atoms with Gasteiger partial charge in [0.05, 0.1) is 15.6 Å². The van der Waals surface area contributed by atoms with E-state index < -0.39 is 34.3 Å². The summed E-state index contributed by atoms with van der Waals surface area (Å²) in [6.07, 6.45) is 0.910. The number of sulfonamides is 1. The number of rotatable bonds is 13. The molecular formula is C33H33ClFN3O4S. The Balaban J connectivity index is 1.79. The number of hydrogen-bond acceptors (Lipinski definition) is 4. The molecule has 1 unspecified atom stereocenters. The highest BCUT2D eigenvalue weighted by Crippen LogP contribution is 2.28. The molecule has 7 nitrogen and oxygen atoms in total. The van der Waals surface area contributed by atoms with Crippen LogP contribution >= 0.6 is 11.6 Å². The van der Waals surface area contributed by atoms with Crippen LogP contribution < -0.4 is 9.62 Å². The molecule has 0 bridgehead atoms. The Morgan fingerprint density at radius 2 is 1.44 bits per heavy atom. The van der Waals surface area contributed by atoms with Crippen LogP contribution in [-0.4, -0.2) is 44.3 Å². The highest BCUT2D eigenvalue weighted by Gasteiger charge is 2.34. The van der Waals surface area contributed by atoms with Crippen molar-refractivity contribution >= 4 is 39.1 Å². The van der Waals surface area contributed by atoms with Gasteiger partial charge < -0.3 is 10.2 Å². The van der Waals surface area contributed by atoms with E-state index in [1.54, 1.807) is 18.2 Å². The van der Waals surface area contributed by atoms with Crippen molar-refractivity contribution in [1.29, 1.82) is 0 Å². The van der Waals surface area contributed by atoms with E-state index in [9.17, 15) is 22.4 Å².